The molecule has 1 heterocycles. The second-order valence-electron chi connectivity index (χ2n) is 4.69. The Hall–Kier alpha value is -1.82. The van der Waals surface area contributed by atoms with E-state index in [4.69, 9.17) is 5.26 Å². The van der Waals surface area contributed by atoms with Gasteiger partial charge < -0.3 is 4.90 Å². The first kappa shape index (κ1) is 12.6. The summed E-state index contributed by atoms with van der Waals surface area (Å²) in [6.07, 6.45) is 3.81. The zero-order valence-electron chi connectivity index (χ0n) is 10.7. The molecule has 1 aromatic carbocycles. The molecular weight excluding hydrogens is 224 g/mol. The molecule has 1 aromatic rings. The van der Waals surface area contributed by atoms with Crippen molar-refractivity contribution in [2.24, 2.45) is 0 Å². The lowest BCUT2D eigenvalue weighted by molar-refractivity contribution is 0.0670. The van der Waals surface area contributed by atoms with Gasteiger partial charge in [-0.15, -0.1) is 0 Å². The van der Waals surface area contributed by atoms with Gasteiger partial charge in [0.1, 0.15) is 6.04 Å². The van der Waals surface area contributed by atoms with Gasteiger partial charge in [-0.3, -0.25) is 4.79 Å². The molecule has 1 unspecified atom stereocenters. The van der Waals surface area contributed by atoms with E-state index in [-0.39, 0.29) is 11.9 Å². The molecule has 1 amide bonds. The Balaban J connectivity index is 2.16. The molecule has 0 saturated carbocycles. The first-order valence-corrected chi connectivity index (χ1v) is 6.55. The minimum atomic E-state index is -0.253. The number of nitrogens with zero attached hydrogens (tertiary/aromatic N) is 2. The molecule has 1 fully saturated rings. The van der Waals surface area contributed by atoms with Crippen LogP contribution in [0.2, 0.25) is 0 Å². The van der Waals surface area contributed by atoms with E-state index in [0.29, 0.717) is 12.1 Å². The number of hydrogen-bond donors (Lipinski definition) is 0. The molecule has 3 heteroatoms. The van der Waals surface area contributed by atoms with Crippen molar-refractivity contribution < 1.29 is 4.79 Å². The number of amides is 1. The van der Waals surface area contributed by atoms with Crippen LogP contribution in [-0.4, -0.2) is 23.4 Å². The first-order valence-electron chi connectivity index (χ1n) is 6.55. The Labute approximate surface area is 108 Å². The van der Waals surface area contributed by atoms with E-state index in [1.54, 1.807) is 4.90 Å². The Morgan fingerprint density at radius 3 is 2.72 bits per heavy atom. The van der Waals surface area contributed by atoms with E-state index < -0.39 is 0 Å². The summed E-state index contributed by atoms with van der Waals surface area (Å²) in [4.78, 5) is 14.1. The van der Waals surface area contributed by atoms with Gasteiger partial charge in [-0.1, -0.05) is 19.1 Å². The fourth-order valence-corrected chi connectivity index (χ4v) is 2.36. The lowest BCUT2D eigenvalue weighted by Gasteiger charge is -2.31. The van der Waals surface area contributed by atoms with Crippen LogP contribution in [0.25, 0.3) is 0 Å². The van der Waals surface area contributed by atoms with Crippen LogP contribution in [-0.2, 0) is 6.42 Å². The Bertz CT molecular complexity index is 458. The first-order chi connectivity index (χ1) is 8.76. The van der Waals surface area contributed by atoms with Gasteiger partial charge in [0.2, 0.25) is 0 Å². The van der Waals surface area contributed by atoms with Crippen LogP contribution in [0.4, 0.5) is 0 Å². The lowest BCUT2D eigenvalue weighted by atomic mass is 10.0. The van der Waals surface area contributed by atoms with Gasteiger partial charge in [-0.25, -0.2) is 0 Å². The quantitative estimate of drug-likeness (QED) is 0.800. The van der Waals surface area contributed by atoms with Gasteiger partial charge in [0, 0.05) is 12.1 Å². The number of piperidine rings is 1. The van der Waals surface area contributed by atoms with Crippen LogP contribution < -0.4 is 0 Å². The molecule has 0 aliphatic carbocycles. The van der Waals surface area contributed by atoms with Gasteiger partial charge >= 0.3 is 0 Å². The molecular formula is C15H18N2O. The van der Waals surface area contributed by atoms with Crippen LogP contribution in [0.5, 0.6) is 0 Å². The third-order valence-electron chi connectivity index (χ3n) is 3.52. The maximum atomic E-state index is 12.3. The minimum absolute atomic E-state index is 0.0103. The summed E-state index contributed by atoms with van der Waals surface area (Å²) in [5, 5.41) is 9.10. The zero-order valence-corrected chi connectivity index (χ0v) is 10.7. The highest BCUT2D eigenvalue weighted by Crippen LogP contribution is 2.19. The summed E-state index contributed by atoms with van der Waals surface area (Å²) in [6, 6.07) is 9.68. The van der Waals surface area contributed by atoms with Crippen LogP contribution >= 0.6 is 0 Å². The lowest BCUT2D eigenvalue weighted by Crippen LogP contribution is -2.42. The summed E-state index contributed by atoms with van der Waals surface area (Å²) < 4.78 is 0. The fourth-order valence-electron chi connectivity index (χ4n) is 2.36. The summed E-state index contributed by atoms with van der Waals surface area (Å²) in [6.45, 7) is 2.79. The molecule has 0 bridgehead atoms. The van der Waals surface area contributed by atoms with Crippen LogP contribution in [0, 0.1) is 11.3 Å². The smallest absolute Gasteiger partial charge is 0.254 e. The fraction of sp³-hybridized carbons (Fsp3) is 0.467. The number of carbonyl (C=O) groups is 1. The molecule has 1 atom stereocenters. The zero-order chi connectivity index (χ0) is 13.0. The average molecular weight is 242 g/mol. The topological polar surface area (TPSA) is 44.1 Å². The highest BCUT2D eigenvalue weighted by molar-refractivity contribution is 5.94. The van der Waals surface area contributed by atoms with Gasteiger partial charge in [0.15, 0.2) is 0 Å². The van der Waals surface area contributed by atoms with E-state index in [1.807, 2.05) is 24.3 Å². The number of carbonyl (C=O) groups excluding carboxylic acids is 1. The Morgan fingerprint density at radius 1 is 1.39 bits per heavy atom. The van der Waals surface area contributed by atoms with Crippen molar-refractivity contribution in [2.45, 2.75) is 38.6 Å². The summed E-state index contributed by atoms with van der Waals surface area (Å²) in [5.41, 5.74) is 1.91. The summed E-state index contributed by atoms with van der Waals surface area (Å²) in [7, 11) is 0. The molecule has 0 radical (unpaired) electrons. The third kappa shape index (κ3) is 2.53. The van der Waals surface area contributed by atoms with Gasteiger partial charge in [0.25, 0.3) is 5.91 Å². The Kier molecular flexibility index (Phi) is 3.99. The number of rotatable bonds is 2. The molecule has 94 valence electrons. The number of benzene rings is 1. The van der Waals surface area contributed by atoms with E-state index in [2.05, 4.69) is 13.0 Å². The van der Waals surface area contributed by atoms with E-state index in [1.165, 1.54) is 5.56 Å². The van der Waals surface area contributed by atoms with Crippen molar-refractivity contribution in [3.8, 4) is 6.07 Å². The molecule has 0 spiro atoms. The standard InChI is InChI=1S/C15H18N2O/c1-2-12-6-8-13(9-7-12)15(18)17-10-4-3-5-14(17)11-16/h6-9,14H,2-5,10H2,1H3. The maximum absolute atomic E-state index is 12.3. The highest BCUT2D eigenvalue weighted by Gasteiger charge is 2.26. The molecule has 0 aromatic heterocycles. The predicted octanol–water partition coefficient (Wildman–Crippen LogP) is 2.77. The van der Waals surface area contributed by atoms with Crippen molar-refractivity contribution in [1.82, 2.24) is 4.90 Å². The SMILES string of the molecule is CCc1ccc(C(=O)N2CCCCC2C#N)cc1. The molecule has 1 aliphatic rings. The Morgan fingerprint density at radius 2 is 2.11 bits per heavy atom. The molecule has 1 saturated heterocycles. The molecule has 2 rings (SSSR count). The van der Waals surface area contributed by atoms with E-state index in [0.717, 1.165) is 25.7 Å². The van der Waals surface area contributed by atoms with Gasteiger partial charge in [-0.05, 0) is 43.4 Å². The third-order valence-corrected chi connectivity index (χ3v) is 3.52. The second kappa shape index (κ2) is 5.68. The number of nitriles is 1. The molecule has 1 aliphatic heterocycles. The van der Waals surface area contributed by atoms with Crippen molar-refractivity contribution in [3.63, 3.8) is 0 Å². The summed E-state index contributed by atoms with van der Waals surface area (Å²) in [5.74, 6) is -0.0103. The normalized spacial score (nSPS) is 19.3. The second-order valence-corrected chi connectivity index (χ2v) is 4.69. The number of hydrogen-bond acceptors (Lipinski definition) is 2. The van der Waals surface area contributed by atoms with E-state index >= 15 is 0 Å². The van der Waals surface area contributed by atoms with Crippen molar-refractivity contribution in [1.29, 1.82) is 5.26 Å². The minimum Gasteiger partial charge on any atom is -0.323 e. The highest BCUT2D eigenvalue weighted by atomic mass is 16.2. The van der Waals surface area contributed by atoms with Crippen molar-refractivity contribution in [2.75, 3.05) is 6.54 Å². The van der Waals surface area contributed by atoms with Crippen molar-refractivity contribution >= 4 is 5.91 Å². The average Bonchev–Trinajstić information content (AvgIpc) is 2.46. The molecule has 18 heavy (non-hydrogen) atoms. The van der Waals surface area contributed by atoms with Gasteiger partial charge in [0.05, 0.1) is 6.07 Å². The van der Waals surface area contributed by atoms with Crippen LogP contribution in [0.1, 0.15) is 42.1 Å². The maximum Gasteiger partial charge on any atom is 0.254 e. The van der Waals surface area contributed by atoms with Crippen LogP contribution in [0.15, 0.2) is 24.3 Å². The summed E-state index contributed by atoms with van der Waals surface area (Å²) >= 11 is 0. The molecule has 0 N–H and O–H groups in total. The van der Waals surface area contributed by atoms with Gasteiger partial charge in [-0.2, -0.15) is 5.26 Å². The van der Waals surface area contributed by atoms with E-state index in [9.17, 15) is 4.79 Å². The largest absolute Gasteiger partial charge is 0.323 e. The number of aryl methyl sites for hydroxylation is 1. The molecule has 3 nitrogen and oxygen atoms in total. The van der Waals surface area contributed by atoms with Crippen LogP contribution in [0.3, 0.4) is 0 Å². The predicted molar refractivity (Wildman–Crippen MR) is 70.1 cm³/mol. The number of likely N-dealkylation sites (tertiary alicyclic amines) is 1. The monoisotopic (exact) mass is 242 g/mol. The van der Waals surface area contributed by atoms with Crippen molar-refractivity contribution in [3.05, 3.63) is 35.4 Å².